The standard InChI is InChI=1S/C16H19BO3/c1-6-12-7-13(9-14(8-12)11-18)10-17-19-15(2,3)16(4,5)20-17/h1,7-9,11H,10H2,2-5H3. The summed E-state index contributed by atoms with van der Waals surface area (Å²) in [6.07, 6.45) is 6.78. The van der Waals surface area contributed by atoms with Crippen LogP contribution in [0.25, 0.3) is 0 Å². The van der Waals surface area contributed by atoms with Crippen LogP contribution in [-0.2, 0) is 15.6 Å². The van der Waals surface area contributed by atoms with E-state index in [0.717, 1.165) is 11.8 Å². The molecule has 1 aliphatic rings. The molecule has 20 heavy (non-hydrogen) atoms. The van der Waals surface area contributed by atoms with Gasteiger partial charge in [-0.3, -0.25) is 4.79 Å². The highest BCUT2D eigenvalue weighted by Gasteiger charge is 2.50. The molecule has 0 saturated carbocycles. The Morgan fingerprint density at radius 1 is 1.20 bits per heavy atom. The molecule has 104 valence electrons. The number of hydrogen-bond donors (Lipinski definition) is 0. The van der Waals surface area contributed by atoms with Gasteiger partial charge in [0.1, 0.15) is 6.29 Å². The number of hydrogen-bond acceptors (Lipinski definition) is 3. The molecule has 0 spiro atoms. The molecule has 0 aliphatic carbocycles. The third-order valence-corrected chi connectivity index (χ3v) is 4.02. The van der Waals surface area contributed by atoms with Crippen LogP contribution < -0.4 is 0 Å². The zero-order valence-corrected chi connectivity index (χ0v) is 12.4. The summed E-state index contributed by atoms with van der Waals surface area (Å²) in [5.74, 6) is 2.56. The number of carbonyl (C=O) groups excluding carboxylic acids is 1. The van der Waals surface area contributed by atoms with Gasteiger partial charge in [0.15, 0.2) is 0 Å². The van der Waals surface area contributed by atoms with Crippen molar-refractivity contribution in [3.63, 3.8) is 0 Å². The average Bonchev–Trinajstić information content (AvgIpc) is 2.56. The smallest absolute Gasteiger partial charge is 0.403 e. The zero-order chi connectivity index (χ0) is 15.0. The second-order valence-corrected chi connectivity index (χ2v) is 6.12. The van der Waals surface area contributed by atoms with Gasteiger partial charge in [0.25, 0.3) is 0 Å². The highest BCUT2D eigenvalue weighted by molar-refractivity contribution is 6.45. The Morgan fingerprint density at radius 2 is 1.80 bits per heavy atom. The number of terminal acetylenes is 1. The molecule has 1 saturated heterocycles. The summed E-state index contributed by atoms with van der Waals surface area (Å²) in [6.45, 7) is 8.06. The first-order valence-electron chi connectivity index (χ1n) is 6.69. The van der Waals surface area contributed by atoms with Crippen molar-refractivity contribution in [2.24, 2.45) is 0 Å². The molecule has 1 aliphatic heterocycles. The molecule has 1 aromatic carbocycles. The van der Waals surface area contributed by atoms with Gasteiger partial charge >= 0.3 is 7.12 Å². The van der Waals surface area contributed by atoms with Crippen LogP contribution in [0.3, 0.4) is 0 Å². The van der Waals surface area contributed by atoms with Crippen molar-refractivity contribution in [1.29, 1.82) is 0 Å². The van der Waals surface area contributed by atoms with Crippen LogP contribution in [0.1, 0.15) is 49.2 Å². The maximum absolute atomic E-state index is 10.9. The summed E-state index contributed by atoms with van der Waals surface area (Å²) in [5, 5.41) is 0. The molecular formula is C16H19BO3. The quantitative estimate of drug-likeness (QED) is 0.481. The van der Waals surface area contributed by atoms with E-state index in [-0.39, 0.29) is 18.3 Å². The van der Waals surface area contributed by atoms with Crippen LogP contribution in [-0.4, -0.2) is 24.6 Å². The van der Waals surface area contributed by atoms with Gasteiger partial charge in [-0.1, -0.05) is 5.92 Å². The van der Waals surface area contributed by atoms with Crippen molar-refractivity contribution in [1.82, 2.24) is 0 Å². The van der Waals surface area contributed by atoms with Crippen LogP contribution in [0.15, 0.2) is 18.2 Å². The normalized spacial score (nSPS) is 19.6. The molecule has 0 aromatic heterocycles. The van der Waals surface area contributed by atoms with Gasteiger partial charge < -0.3 is 9.31 Å². The first-order chi connectivity index (χ1) is 9.27. The van der Waals surface area contributed by atoms with E-state index in [1.54, 1.807) is 6.07 Å². The molecular weight excluding hydrogens is 251 g/mol. The Hall–Kier alpha value is -1.57. The van der Waals surface area contributed by atoms with Gasteiger partial charge in [0, 0.05) is 17.4 Å². The topological polar surface area (TPSA) is 35.5 Å². The minimum atomic E-state index is -0.352. The molecule has 0 unspecified atom stereocenters. The minimum absolute atomic E-state index is 0.326. The molecule has 0 bridgehead atoms. The lowest BCUT2D eigenvalue weighted by Crippen LogP contribution is -2.41. The Kier molecular flexibility index (Phi) is 3.77. The number of aldehydes is 1. The first-order valence-corrected chi connectivity index (χ1v) is 6.69. The fourth-order valence-electron chi connectivity index (χ4n) is 2.23. The van der Waals surface area contributed by atoms with Crippen molar-refractivity contribution in [2.45, 2.75) is 45.2 Å². The third kappa shape index (κ3) is 2.79. The van der Waals surface area contributed by atoms with E-state index in [2.05, 4.69) is 5.92 Å². The SMILES string of the molecule is C#Cc1cc(C=O)cc(CB2OC(C)(C)C(C)(C)O2)c1. The summed E-state index contributed by atoms with van der Waals surface area (Å²) >= 11 is 0. The predicted molar refractivity (Wildman–Crippen MR) is 79.6 cm³/mol. The zero-order valence-electron chi connectivity index (χ0n) is 12.4. The molecule has 1 aromatic rings. The maximum Gasteiger partial charge on any atom is 0.462 e. The van der Waals surface area contributed by atoms with E-state index in [4.69, 9.17) is 15.7 Å². The van der Waals surface area contributed by atoms with Crippen molar-refractivity contribution in [3.05, 3.63) is 34.9 Å². The highest BCUT2D eigenvalue weighted by atomic mass is 16.7. The molecule has 0 atom stereocenters. The fourth-order valence-corrected chi connectivity index (χ4v) is 2.23. The average molecular weight is 270 g/mol. The van der Waals surface area contributed by atoms with Crippen LogP contribution >= 0.6 is 0 Å². The van der Waals surface area contributed by atoms with Crippen LogP contribution in [0, 0.1) is 12.3 Å². The summed E-state index contributed by atoms with van der Waals surface area (Å²) in [6, 6.07) is 5.40. The van der Waals surface area contributed by atoms with Gasteiger partial charge in [0.2, 0.25) is 0 Å². The Bertz CT molecular complexity index is 554. The Morgan fingerprint density at radius 3 is 2.30 bits per heavy atom. The lowest BCUT2D eigenvalue weighted by atomic mass is 9.80. The van der Waals surface area contributed by atoms with E-state index >= 15 is 0 Å². The second kappa shape index (κ2) is 5.08. The van der Waals surface area contributed by atoms with Gasteiger partial charge in [-0.05, 0) is 51.5 Å². The van der Waals surface area contributed by atoms with Gasteiger partial charge in [0.05, 0.1) is 11.2 Å². The lowest BCUT2D eigenvalue weighted by Gasteiger charge is -2.32. The largest absolute Gasteiger partial charge is 0.462 e. The molecule has 0 amide bonds. The minimum Gasteiger partial charge on any atom is -0.403 e. The Labute approximate surface area is 120 Å². The second-order valence-electron chi connectivity index (χ2n) is 6.12. The number of rotatable bonds is 3. The number of benzene rings is 1. The monoisotopic (exact) mass is 270 g/mol. The molecule has 4 heteroatoms. The van der Waals surface area contributed by atoms with Crippen LogP contribution in [0.5, 0.6) is 0 Å². The van der Waals surface area contributed by atoms with Crippen LogP contribution in [0.4, 0.5) is 0 Å². The van der Waals surface area contributed by atoms with Crippen molar-refractivity contribution in [3.8, 4) is 12.3 Å². The van der Waals surface area contributed by atoms with E-state index in [9.17, 15) is 4.79 Å². The van der Waals surface area contributed by atoms with E-state index in [0.29, 0.717) is 17.4 Å². The van der Waals surface area contributed by atoms with E-state index in [1.165, 1.54) is 0 Å². The van der Waals surface area contributed by atoms with Gasteiger partial charge in [-0.15, -0.1) is 6.42 Å². The molecule has 1 heterocycles. The molecule has 0 N–H and O–H groups in total. The molecule has 0 radical (unpaired) electrons. The third-order valence-electron chi connectivity index (χ3n) is 4.02. The molecule has 1 fully saturated rings. The fraction of sp³-hybridized carbons (Fsp3) is 0.438. The van der Waals surface area contributed by atoms with Gasteiger partial charge in [-0.2, -0.15) is 0 Å². The molecule has 2 rings (SSSR count). The summed E-state index contributed by atoms with van der Waals surface area (Å²) in [4.78, 5) is 10.9. The maximum atomic E-state index is 10.9. The Balaban J connectivity index is 2.20. The number of carbonyl (C=O) groups is 1. The van der Waals surface area contributed by atoms with Crippen molar-refractivity contribution < 1.29 is 14.1 Å². The van der Waals surface area contributed by atoms with Gasteiger partial charge in [-0.25, -0.2) is 0 Å². The van der Waals surface area contributed by atoms with E-state index in [1.807, 2.05) is 39.8 Å². The lowest BCUT2D eigenvalue weighted by molar-refractivity contribution is 0.00578. The summed E-state index contributed by atoms with van der Waals surface area (Å²) in [5.41, 5.74) is 1.51. The summed E-state index contributed by atoms with van der Waals surface area (Å²) < 4.78 is 11.9. The van der Waals surface area contributed by atoms with E-state index < -0.39 is 0 Å². The highest BCUT2D eigenvalue weighted by Crippen LogP contribution is 2.37. The summed E-state index contributed by atoms with van der Waals surface area (Å²) in [7, 11) is -0.326. The van der Waals surface area contributed by atoms with Crippen LogP contribution in [0.2, 0.25) is 0 Å². The first kappa shape index (κ1) is 14.8. The predicted octanol–water partition coefficient (Wildman–Crippen LogP) is 2.65. The molecule has 3 nitrogen and oxygen atoms in total. The van der Waals surface area contributed by atoms with Crippen molar-refractivity contribution in [2.75, 3.05) is 0 Å². The van der Waals surface area contributed by atoms with Crippen molar-refractivity contribution >= 4 is 13.4 Å².